The van der Waals surface area contributed by atoms with Crippen LogP contribution < -0.4 is 4.90 Å². The smallest absolute Gasteiger partial charge is 0.261 e. The molecule has 8 heteroatoms. The normalized spacial score (nSPS) is 22.9. The Morgan fingerprint density at radius 3 is 2.54 bits per heavy atom. The third-order valence-corrected chi connectivity index (χ3v) is 5.44. The van der Waals surface area contributed by atoms with E-state index in [-0.39, 0.29) is 11.9 Å². The molecule has 2 aliphatic rings. The van der Waals surface area contributed by atoms with Gasteiger partial charge < -0.3 is 29.1 Å². The first-order chi connectivity index (χ1) is 13.6. The van der Waals surface area contributed by atoms with Gasteiger partial charge in [0.05, 0.1) is 25.4 Å². The number of carbonyl (C=O) groups excluding carboxylic acids is 1. The third kappa shape index (κ3) is 3.50. The maximum Gasteiger partial charge on any atom is 0.261 e. The molecule has 2 fully saturated rings. The quantitative estimate of drug-likeness (QED) is 0.837. The molecule has 8 nitrogen and oxygen atoms in total. The highest BCUT2D eigenvalue weighted by Crippen LogP contribution is 2.33. The van der Waals surface area contributed by atoms with Crippen molar-refractivity contribution < 1.29 is 19.2 Å². The minimum atomic E-state index is -0.578. The minimum absolute atomic E-state index is 0.0872. The lowest BCUT2D eigenvalue weighted by Crippen LogP contribution is -2.39. The molecule has 1 aromatic carbocycles. The van der Waals surface area contributed by atoms with E-state index in [1.54, 1.807) is 4.90 Å². The lowest BCUT2D eigenvalue weighted by molar-refractivity contribution is 0.0763. The fourth-order valence-electron chi connectivity index (χ4n) is 3.85. The molecule has 28 heavy (non-hydrogen) atoms. The number of aliphatic hydroxyl groups excluding tert-OH is 1. The molecule has 150 valence electrons. The maximum absolute atomic E-state index is 13.5. The highest BCUT2D eigenvalue weighted by atomic mass is 16.5. The van der Waals surface area contributed by atoms with Crippen LogP contribution in [-0.4, -0.2) is 91.6 Å². The van der Waals surface area contributed by atoms with E-state index >= 15 is 0 Å². The first-order valence-electron chi connectivity index (χ1n) is 9.58. The monoisotopic (exact) mass is 386 g/mol. The van der Waals surface area contributed by atoms with Crippen LogP contribution in [0.3, 0.4) is 0 Å². The molecule has 2 aromatic rings. The van der Waals surface area contributed by atoms with Gasteiger partial charge in [0.15, 0.2) is 11.6 Å². The molecule has 0 radical (unpaired) electrons. The maximum atomic E-state index is 13.5. The number of carbonyl (C=O) groups is 1. The van der Waals surface area contributed by atoms with E-state index in [4.69, 9.17) is 9.26 Å². The van der Waals surface area contributed by atoms with Crippen LogP contribution in [0.2, 0.25) is 0 Å². The molecule has 1 amide bonds. The van der Waals surface area contributed by atoms with Crippen molar-refractivity contribution in [2.75, 3.05) is 58.4 Å². The van der Waals surface area contributed by atoms with Crippen LogP contribution in [-0.2, 0) is 4.74 Å². The molecular weight excluding hydrogens is 360 g/mol. The van der Waals surface area contributed by atoms with Gasteiger partial charge in [0.1, 0.15) is 5.56 Å². The van der Waals surface area contributed by atoms with Gasteiger partial charge in [-0.25, -0.2) is 0 Å². The predicted octanol–water partition coefficient (Wildman–Crippen LogP) is 0.925. The number of morpholine rings is 1. The van der Waals surface area contributed by atoms with E-state index in [2.05, 4.69) is 5.16 Å². The van der Waals surface area contributed by atoms with Gasteiger partial charge in [0.25, 0.3) is 5.91 Å². The fourth-order valence-corrected chi connectivity index (χ4v) is 3.85. The van der Waals surface area contributed by atoms with Gasteiger partial charge >= 0.3 is 0 Å². The van der Waals surface area contributed by atoms with E-state index in [0.29, 0.717) is 56.5 Å². The van der Waals surface area contributed by atoms with Crippen molar-refractivity contribution in [2.24, 2.45) is 0 Å². The van der Waals surface area contributed by atoms with Crippen LogP contribution in [0.4, 0.5) is 5.82 Å². The van der Waals surface area contributed by atoms with E-state index in [0.717, 1.165) is 5.56 Å². The number of amides is 1. The Kier molecular flexibility index (Phi) is 5.34. The molecule has 3 heterocycles. The summed E-state index contributed by atoms with van der Waals surface area (Å²) in [5.74, 6) is 0.856. The second-order valence-electron chi connectivity index (χ2n) is 7.48. The van der Waals surface area contributed by atoms with Gasteiger partial charge in [-0.15, -0.1) is 0 Å². The summed E-state index contributed by atoms with van der Waals surface area (Å²) in [4.78, 5) is 19.2. The number of likely N-dealkylation sites (N-methyl/N-ethyl adjacent to an activating group) is 1. The molecule has 1 aromatic heterocycles. The molecule has 0 bridgehead atoms. The van der Waals surface area contributed by atoms with Gasteiger partial charge in [0.2, 0.25) is 0 Å². The number of rotatable bonds is 4. The molecule has 2 saturated heterocycles. The Morgan fingerprint density at radius 1 is 1.18 bits per heavy atom. The van der Waals surface area contributed by atoms with Gasteiger partial charge in [-0.3, -0.25) is 4.79 Å². The summed E-state index contributed by atoms with van der Waals surface area (Å²) in [6, 6.07) is 9.45. The lowest BCUT2D eigenvalue weighted by atomic mass is 10.1. The largest absolute Gasteiger partial charge is 0.390 e. The highest BCUT2D eigenvalue weighted by Gasteiger charge is 2.39. The summed E-state index contributed by atoms with van der Waals surface area (Å²) in [6.07, 6.45) is -0.578. The molecule has 0 aliphatic carbocycles. The standard InChI is InChI=1S/C20H26N4O4/c1-22(2)15-12-24(13-16(15)25)20(26)17-18(14-6-4-3-5-7-14)28-21-19(17)23-8-10-27-11-9-23/h3-7,15-16,25H,8-13H2,1-2H3/t15-,16-/m0/s1. The Bertz CT molecular complexity index is 817. The number of hydrogen-bond acceptors (Lipinski definition) is 7. The third-order valence-electron chi connectivity index (χ3n) is 5.44. The summed E-state index contributed by atoms with van der Waals surface area (Å²) < 4.78 is 11.1. The number of ether oxygens (including phenoxy) is 1. The molecular formula is C20H26N4O4. The molecule has 4 rings (SSSR count). The second kappa shape index (κ2) is 7.90. The Balaban J connectivity index is 1.71. The molecule has 2 atom stereocenters. The van der Waals surface area contributed by atoms with Crippen molar-refractivity contribution >= 4 is 11.7 Å². The summed E-state index contributed by atoms with van der Waals surface area (Å²) in [5, 5.41) is 14.6. The zero-order valence-corrected chi connectivity index (χ0v) is 16.2. The predicted molar refractivity (Wildman–Crippen MR) is 104 cm³/mol. The van der Waals surface area contributed by atoms with E-state index < -0.39 is 6.10 Å². The Labute approximate surface area is 164 Å². The van der Waals surface area contributed by atoms with Crippen LogP contribution >= 0.6 is 0 Å². The number of likely N-dealkylation sites (tertiary alicyclic amines) is 1. The average Bonchev–Trinajstić information content (AvgIpc) is 3.33. The molecule has 0 saturated carbocycles. The summed E-state index contributed by atoms with van der Waals surface area (Å²) in [6.45, 7) is 3.26. The van der Waals surface area contributed by atoms with Crippen molar-refractivity contribution in [3.8, 4) is 11.3 Å². The van der Waals surface area contributed by atoms with Crippen molar-refractivity contribution in [2.45, 2.75) is 12.1 Å². The molecule has 0 unspecified atom stereocenters. The number of nitrogens with zero attached hydrogens (tertiary/aromatic N) is 4. The van der Waals surface area contributed by atoms with Crippen molar-refractivity contribution in [3.63, 3.8) is 0 Å². The zero-order valence-electron chi connectivity index (χ0n) is 16.2. The number of β-amino-alcohol motifs (C(OH)–C–C–N with tert-alkyl or cyclic N) is 1. The summed E-state index contributed by atoms with van der Waals surface area (Å²) in [5.41, 5.74) is 1.27. The summed E-state index contributed by atoms with van der Waals surface area (Å²) >= 11 is 0. The number of aromatic nitrogens is 1. The van der Waals surface area contributed by atoms with Gasteiger partial charge in [0, 0.05) is 31.7 Å². The summed E-state index contributed by atoms with van der Waals surface area (Å²) in [7, 11) is 3.83. The topological polar surface area (TPSA) is 82.3 Å². The van der Waals surface area contributed by atoms with Crippen molar-refractivity contribution in [3.05, 3.63) is 35.9 Å². The van der Waals surface area contributed by atoms with Gasteiger partial charge in [-0.2, -0.15) is 0 Å². The number of aliphatic hydroxyl groups is 1. The molecule has 2 aliphatic heterocycles. The number of anilines is 1. The van der Waals surface area contributed by atoms with Crippen LogP contribution in [0.1, 0.15) is 10.4 Å². The Morgan fingerprint density at radius 2 is 1.89 bits per heavy atom. The van der Waals surface area contributed by atoms with E-state index in [1.165, 1.54) is 0 Å². The highest BCUT2D eigenvalue weighted by molar-refractivity contribution is 6.04. The van der Waals surface area contributed by atoms with Gasteiger partial charge in [-0.05, 0) is 14.1 Å². The number of hydrogen-bond donors (Lipinski definition) is 1. The first-order valence-corrected chi connectivity index (χ1v) is 9.58. The van der Waals surface area contributed by atoms with Crippen LogP contribution in [0.15, 0.2) is 34.9 Å². The average molecular weight is 386 g/mol. The van der Waals surface area contributed by atoms with Crippen molar-refractivity contribution in [1.29, 1.82) is 0 Å². The molecule has 1 N–H and O–H groups in total. The minimum Gasteiger partial charge on any atom is -0.390 e. The second-order valence-corrected chi connectivity index (χ2v) is 7.48. The Hall–Kier alpha value is -2.42. The van der Waals surface area contributed by atoms with Gasteiger partial charge in [-0.1, -0.05) is 35.5 Å². The lowest BCUT2D eigenvalue weighted by Gasteiger charge is -2.27. The van der Waals surface area contributed by atoms with E-state index in [1.807, 2.05) is 54.2 Å². The first kappa shape index (κ1) is 18.9. The SMILES string of the molecule is CN(C)[C@H]1CN(C(=O)c2c(N3CCOCC3)noc2-c2ccccc2)C[C@@H]1O. The number of benzene rings is 1. The van der Waals surface area contributed by atoms with E-state index in [9.17, 15) is 9.90 Å². The zero-order chi connectivity index (χ0) is 19.7. The van der Waals surface area contributed by atoms with Crippen molar-refractivity contribution in [1.82, 2.24) is 15.0 Å². The fraction of sp³-hybridized carbons (Fsp3) is 0.500. The van der Waals surface area contributed by atoms with Crippen LogP contribution in [0.5, 0.6) is 0 Å². The van der Waals surface area contributed by atoms with Crippen LogP contribution in [0.25, 0.3) is 11.3 Å². The molecule has 0 spiro atoms. The van der Waals surface area contributed by atoms with Crippen LogP contribution in [0, 0.1) is 0 Å².